The molecule has 0 spiro atoms. The molecular formula is C20H26N4O3S2. The summed E-state index contributed by atoms with van der Waals surface area (Å²) >= 11 is 1.57. The number of nitrogens with one attached hydrogen (secondary N) is 1. The molecule has 0 aromatic carbocycles. The van der Waals surface area contributed by atoms with Crippen LogP contribution in [0.25, 0.3) is 0 Å². The Balaban J connectivity index is 1.37. The molecule has 0 bridgehead atoms. The topological polar surface area (TPSA) is 92.3 Å². The summed E-state index contributed by atoms with van der Waals surface area (Å²) in [6.45, 7) is 3.28. The first-order valence-electron chi connectivity index (χ1n) is 10.0. The Bertz CT molecular complexity index is 993. The van der Waals surface area contributed by atoms with Gasteiger partial charge in [-0.25, -0.2) is 17.7 Å². The highest BCUT2D eigenvalue weighted by Gasteiger charge is 2.26. The third-order valence-electron chi connectivity index (χ3n) is 5.80. The Hall–Kier alpha value is -1.84. The Morgan fingerprint density at radius 2 is 2.00 bits per heavy atom. The zero-order valence-electron chi connectivity index (χ0n) is 16.7. The van der Waals surface area contributed by atoms with Gasteiger partial charge < -0.3 is 0 Å². The van der Waals surface area contributed by atoms with Crippen LogP contribution in [0.1, 0.15) is 58.7 Å². The largest absolute Gasteiger partial charge is 0.298 e. The van der Waals surface area contributed by atoms with E-state index >= 15 is 0 Å². The average Bonchev–Trinajstić information content (AvgIpc) is 3.09. The zero-order valence-corrected chi connectivity index (χ0v) is 18.4. The van der Waals surface area contributed by atoms with Gasteiger partial charge in [0.15, 0.2) is 5.13 Å². The van der Waals surface area contributed by atoms with Gasteiger partial charge in [0.2, 0.25) is 10.0 Å². The molecule has 2 aromatic heterocycles. The maximum absolute atomic E-state index is 12.6. The molecule has 4 rings (SSSR count). The molecule has 1 fully saturated rings. The minimum absolute atomic E-state index is 0.199. The fraction of sp³-hybridized carbons (Fsp3) is 0.550. The molecule has 1 amide bonds. The summed E-state index contributed by atoms with van der Waals surface area (Å²) in [7, 11) is -3.13. The molecule has 1 N–H and O–H groups in total. The van der Waals surface area contributed by atoms with Crippen LogP contribution in [0.4, 0.5) is 5.13 Å². The van der Waals surface area contributed by atoms with Gasteiger partial charge >= 0.3 is 0 Å². The van der Waals surface area contributed by atoms with Crippen LogP contribution in [0.5, 0.6) is 0 Å². The lowest BCUT2D eigenvalue weighted by Crippen LogP contribution is -2.37. The van der Waals surface area contributed by atoms with Crippen molar-refractivity contribution in [1.82, 2.24) is 14.3 Å². The van der Waals surface area contributed by atoms with Gasteiger partial charge in [0.25, 0.3) is 5.91 Å². The second-order valence-electron chi connectivity index (χ2n) is 8.10. The van der Waals surface area contributed by atoms with E-state index in [9.17, 15) is 13.2 Å². The third-order valence-corrected chi connectivity index (χ3v) is 8.13. The van der Waals surface area contributed by atoms with E-state index in [0.717, 1.165) is 43.5 Å². The number of anilines is 1. The van der Waals surface area contributed by atoms with Crippen molar-refractivity contribution in [3.8, 4) is 0 Å². The molecule has 2 aromatic rings. The van der Waals surface area contributed by atoms with E-state index in [-0.39, 0.29) is 11.8 Å². The van der Waals surface area contributed by atoms with Crippen LogP contribution in [-0.4, -0.2) is 47.9 Å². The van der Waals surface area contributed by atoms with Crippen molar-refractivity contribution < 1.29 is 13.2 Å². The summed E-state index contributed by atoms with van der Waals surface area (Å²) in [6.07, 6.45) is 7.51. The van der Waals surface area contributed by atoms with Crippen LogP contribution in [0, 0.1) is 5.92 Å². The number of rotatable bonds is 4. The van der Waals surface area contributed by atoms with E-state index in [2.05, 4.69) is 22.2 Å². The van der Waals surface area contributed by atoms with E-state index in [1.165, 1.54) is 15.4 Å². The van der Waals surface area contributed by atoms with Crippen LogP contribution >= 0.6 is 11.3 Å². The maximum atomic E-state index is 12.6. The second-order valence-corrected chi connectivity index (χ2v) is 11.2. The quantitative estimate of drug-likeness (QED) is 0.798. The number of nitrogens with zero attached hydrogens (tertiary/aromatic N) is 3. The predicted molar refractivity (Wildman–Crippen MR) is 114 cm³/mol. The van der Waals surface area contributed by atoms with Crippen LogP contribution < -0.4 is 5.32 Å². The molecule has 1 aliphatic heterocycles. The number of aryl methyl sites for hydroxylation is 1. The molecule has 3 heterocycles. The molecule has 156 valence electrons. The number of piperidine rings is 1. The fourth-order valence-corrected chi connectivity index (χ4v) is 6.07. The summed E-state index contributed by atoms with van der Waals surface area (Å²) in [5.74, 6) is 0.695. The summed E-state index contributed by atoms with van der Waals surface area (Å²) in [6, 6.07) is 3.67. The number of amides is 1. The van der Waals surface area contributed by atoms with Crippen LogP contribution in [-0.2, 0) is 22.9 Å². The number of fused-ring (bicyclic) bond motifs is 1. The summed E-state index contributed by atoms with van der Waals surface area (Å²) in [5, 5.41) is 3.57. The normalized spacial score (nSPS) is 21.0. The number of hydrogen-bond donors (Lipinski definition) is 1. The Morgan fingerprint density at radius 1 is 1.24 bits per heavy atom. The maximum Gasteiger partial charge on any atom is 0.259 e. The number of carbonyl (C=O) groups excluding carboxylic acids is 1. The number of hydrogen-bond acceptors (Lipinski definition) is 6. The molecule has 1 atom stereocenters. The van der Waals surface area contributed by atoms with Crippen molar-refractivity contribution in [2.24, 2.45) is 5.92 Å². The fourth-order valence-electron chi connectivity index (χ4n) is 4.03. The van der Waals surface area contributed by atoms with E-state index in [1.54, 1.807) is 23.6 Å². The van der Waals surface area contributed by atoms with Gasteiger partial charge in [-0.05, 0) is 50.2 Å². The molecule has 29 heavy (non-hydrogen) atoms. The minimum atomic E-state index is -3.13. The predicted octanol–water partition coefficient (Wildman–Crippen LogP) is 3.05. The minimum Gasteiger partial charge on any atom is -0.298 e. The summed E-state index contributed by atoms with van der Waals surface area (Å²) in [5.41, 5.74) is 2.54. The van der Waals surface area contributed by atoms with Crippen LogP contribution in [0.15, 0.2) is 18.3 Å². The van der Waals surface area contributed by atoms with Crippen molar-refractivity contribution in [2.75, 3.05) is 24.7 Å². The molecule has 1 unspecified atom stereocenters. The standard InChI is InChI=1S/C20H26N4O3S2/c1-13-3-5-17-18(11-13)28-20(22-17)23-19(25)15-4-6-16(21-12-15)14-7-9-24(10-8-14)29(2,26)27/h4,6,12-14H,3,5,7-11H2,1-2H3,(H,22,23,25). The van der Waals surface area contributed by atoms with E-state index in [1.807, 2.05) is 6.07 Å². The third kappa shape index (κ3) is 4.67. The highest BCUT2D eigenvalue weighted by molar-refractivity contribution is 7.88. The number of aromatic nitrogens is 2. The Labute approximate surface area is 175 Å². The van der Waals surface area contributed by atoms with Gasteiger partial charge in [-0.15, -0.1) is 11.3 Å². The Kier molecular flexibility index (Phi) is 5.72. The zero-order chi connectivity index (χ0) is 20.6. The molecule has 0 saturated carbocycles. The lowest BCUT2D eigenvalue weighted by Gasteiger charge is -2.29. The first kappa shape index (κ1) is 20.4. The van der Waals surface area contributed by atoms with Gasteiger partial charge in [-0.1, -0.05) is 6.92 Å². The van der Waals surface area contributed by atoms with Crippen molar-refractivity contribution in [2.45, 2.75) is 44.9 Å². The number of sulfonamides is 1. The molecular weight excluding hydrogens is 408 g/mol. The lowest BCUT2D eigenvalue weighted by molar-refractivity contribution is 0.102. The molecule has 1 saturated heterocycles. The van der Waals surface area contributed by atoms with Crippen molar-refractivity contribution in [3.05, 3.63) is 40.2 Å². The first-order chi connectivity index (χ1) is 13.8. The van der Waals surface area contributed by atoms with Gasteiger partial charge in [-0.2, -0.15) is 0 Å². The number of pyridine rings is 1. The van der Waals surface area contributed by atoms with Crippen molar-refractivity contribution in [3.63, 3.8) is 0 Å². The van der Waals surface area contributed by atoms with E-state index < -0.39 is 10.0 Å². The monoisotopic (exact) mass is 434 g/mol. The van der Waals surface area contributed by atoms with Gasteiger partial charge in [0.1, 0.15) is 0 Å². The molecule has 1 aliphatic carbocycles. The SMILES string of the molecule is CC1CCc2nc(NC(=O)c3ccc(C4CCN(S(C)(=O)=O)CC4)nc3)sc2C1. The van der Waals surface area contributed by atoms with Crippen LogP contribution in [0.2, 0.25) is 0 Å². The Morgan fingerprint density at radius 3 is 2.66 bits per heavy atom. The van der Waals surface area contributed by atoms with Gasteiger partial charge in [-0.3, -0.25) is 15.1 Å². The highest BCUT2D eigenvalue weighted by Crippen LogP contribution is 2.32. The number of carbonyl (C=O) groups is 1. The molecule has 0 radical (unpaired) electrons. The number of thiazole rings is 1. The van der Waals surface area contributed by atoms with Crippen molar-refractivity contribution in [1.29, 1.82) is 0 Å². The molecule has 2 aliphatic rings. The van der Waals surface area contributed by atoms with Gasteiger partial charge in [0.05, 0.1) is 17.5 Å². The molecule has 9 heteroatoms. The van der Waals surface area contributed by atoms with E-state index in [4.69, 9.17) is 0 Å². The van der Waals surface area contributed by atoms with Crippen molar-refractivity contribution >= 4 is 32.4 Å². The summed E-state index contributed by atoms with van der Waals surface area (Å²) < 4.78 is 24.8. The first-order valence-corrected chi connectivity index (χ1v) is 12.7. The van der Waals surface area contributed by atoms with Gasteiger partial charge in [0, 0.05) is 35.8 Å². The van der Waals surface area contributed by atoms with E-state index in [0.29, 0.717) is 29.7 Å². The second kappa shape index (κ2) is 8.12. The molecule has 7 nitrogen and oxygen atoms in total. The summed E-state index contributed by atoms with van der Waals surface area (Å²) in [4.78, 5) is 22.9. The lowest BCUT2D eigenvalue weighted by atomic mass is 9.93. The highest BCUT2D eigenvalue weighted by atomic mass is 32.2. The van der Waals surface area contributed by atoms with Crippen LogP contribution in [0.3, 0.4) is 0 Å². The average molecular weight is 435 g/mol. The smallest absolute Gasteiger partial charge is 0.259 e.